The number of rotatable bonds is 10. The Labute approximate surface area is 283 Å². The first-order valence-corrected chi connectivity index (χ1v) is 18.0. The molecule has 2 aromatic rings. The number of nitrogens with zero attached hydrogens (tertiary/aromatic N) is 1. The molecule has 3 fully saturated rings. The maximum Gasteiger partial charge on any atom is 0.405 e. The van der Waals surface area contributed by atoms with Gasteiger partial charge in [-0.25, -0.2) is 13.5 Å². The second kappa shape index (κ2) is 15.5. The van der Waals surface area contributed by atoms with Crippen LogP contribution in [0.25, 0.3) is 0 Å². The molecule has 10 nitrogen and oxygen atoms in total. The molecule has 0 aromatic heterocycles. The van der Waals surface area contributed by atoms with Crippen LogP contribution in [0, 0.1) is 11.7 Å². The molecule has 3 saturated heterocycles. The number of hydrogen-bond acceptors (Lipinski definition) is 7. The van der Waals surface area contributed by atoms with Crippen molar-refractivity contribution in [3.63, 3.8) is 0 Å². The first-order chi connectivity index (χ1) is 22.7. The highest BCUT2D eigenvalue weighted by atomic mass is 35.5. The molecule has 3 aliphatic heterocycles. The minimum atomic E-state index is -4.48. The normalized spacial score (nSPS) is 27.6. The topological polar surface area (TPSA) is 143 Å². The molecule has 5 rings (SSSR count). The zero-order chi connectivity index (χ0) is 34.6. The molecule has 266 valence electrons. The summed E-state index contributed by atoms with van der Waals surface area (Å²) in [5.41, 5.74) is 0.760. The second-order valence-corrected chi connectivity index (χ2v) is 15.3. The van der Waals surface area contributed by atoms with E-state index in [9.17, 15) is 37.0 Å². The predicted octanol–water partition coefficient (Wildman–Crippen LogP) is 6.62. The molecule has 3 heterocycles. The van der Waals surface area contributed by atoms with Gasteiger partial charge in [-0.1, -0.05) is 29.8 Å². The molecule has 5 unspecified atom stereocenters. The van der Waals surface area contributed by atoms with E-state index in [0.717, 1.165) is 6.42 Å². The van der Waals surface area contributed by atoms with Crippen molar-refractivity contribution >= 4 is 40.1 Å². The third-order valence-corrected chi connectivity index (χ3v) is 11.7. The number of anilines is 1. The fraction of sp³-hybridized carbons (Fsp3) is 0.562. The Bertz CT molecular complexity index is 1440. The predicted molar refractivity (Wildman–Crippen MR) is 175 cm³/mol. The summed E-state index contributed by atoms with van der Waals surface area (Å²) >= 11 is 6.10. The Kier molecular flexibility index (Phi) is 11.8. The summed E-state index contributed by atoms with van der Waals surface area (Å²) in [7, 11) is -2.98. The van der Waals surface area contributed by atoms with E-state index < -0.39 is 65.2 Å². The largest absolute Gasteiger partial charge is 0.465 e. The number of ether oxygens (including phenoxy) is 1. The monoisotopic (exact) mass is 720 g/mol. The summed E-state index contributed by atoms with van der Waals surface area (Å²) in [6, 6.07) is 8.81. The number of alkyl halides is 3. The fourth-order valence-electron chi connectivity index (χ4n) is 7.23. The van der Waals surface area contributed by atoms with Gasteiger partial charge in [0.15, 0.2) is 0 Å². The van der Waals surface area contributed by atoms with Crippen molar-refractivity contribution in [3.8, 4) is 0 Å². The Morgan fingerprint density at radius 3 is 2.60 bits per heavy atom. The molecule has 48 heavy (non-hydrogen) atoms. The number of piperazine rings is 1. The van der Waals surface area contributed by atoms with Gasteiger partial charge in [-0.15, -0.1) is 10.8 Å². The maximum absolute atomic E-state index is 15.4. The summed E-state index contributed by atoms with van der Waals surface area (Å²) in [6.45, 7) is 0.923. The Morgan fingerprint density at radius 1 is 1.15 bits per heavy atom. The maximum atomic E-state index is 15.4. The van der Waals surface area contributed by atoms with Gasteiger partial charge in [0.25, 0.3) is 0 Å². The van der Waals surface area contributed by atoms with E-state index >= 15 is 4.39 Å². The van der Waals surface area contributed by atoms with Crippen LogP contribution in [0.3, 0.4) is 0 Å². The highest BCUT2D eigenvalue weighted by Gasteiger charge is 2.43. The van der Waals surface area contributed by atoms with Gasteiger partial charge in [-0.2, -0.15) is 13.2 Å². The van der Waals surface area contributed by atoms with E-state index in [4.69, 9.17) is 16.3 Å². The molecular formula is C32H41ClF4N4O6S. The highest BCUT2D eigenvalue weighted by molar-refractivity contribution is 8.22. The lowest BCUT2D eigenvalue weighted by Gasteiger charge is -2.49. The van der Waals surface area contributed by atoms with E-state index in [1.165, 1.54) is 18.2 Å². The molecule has 16 heteroatoms. The third-order valence-electron chi connectivity index (χ3n) is 9.45. The standard InChI is InChI=1S/C32H41ClF4N4O6S/c33-21-8-6-19(7-9-21)28(20-12-13-47-24(15-20)16-32(35,36)37)29(40-31(43)44)30(42)39-27-5-1-4-26(34)25(27)11-10-23-17-38-22-3-2-14-48(45,46)41(23)18-22/h1,4-9,20,22-24,28-29,38,40,45-46H,2-3,10-18H2,(H,39,42)(H,43,44)/t20?,22?,23?,24?,28-,29-/m0/s1. The molecule has 0 radical (unpaired) electrons. The number of nitrogens with one attached hydrogen (secondary N) is 3. The van der Waals surface area contributed by atoms with Crippen LogP contribution in [-0.2, 0) is 16.0 Å². The van der Waals surface area contributed by atoms with E-state index in [2.05, 4.69) is 16.0 Å². The van der Waals surface area contributed by atoms with Crippen molar-refractivity contribution < 1.29 is 46.1 Å². The van der Waals surface area contributed by atoms with Gasteiger partial charge >= 0.3 is 12.3 Å². The number of amides is 2. The van der Waals surface area contributed by atoms with Crippen molar-refractivity contribution in [1.29, 1.82) is 0 Å². The highest BCUT2D eigenvalue weighted by Crippen LogP contribution is 2.49. The first-order valence-electron chi connectivity index (χ1n) is 16.0. The Hall–Kier alpha value is -2.66. The molecule has 6 N–H and O–H groups in total. The second-order valence-electron chi connectivity index (χ2n) is 12.7. The number of benzene rings is 2. The van der Waals surface area contributed by atoms with E-state index in [1.807, 2.05) is 0 Å². The van der Waals surface area contributed by atoms with Crippen LogP contribution < -0.4 is 16.0 Å². The quantitative estimate of drug-likeness (QED) is 0.150. The lowest BCUT2D eigenvalue weighted by atomic mass is 9.74. The van der Waals surface area contributed by atoms with E-state index in [1.54, 1.807) is 28.6 Å². The minimum Gasteiger partial charge on any atom is -0.465 e. The molecule has 0 aliphatic carbocycles. The van der Waals surface area contributed by atoms with Crippen molar-refractivity contribution in [2.75, 3.05) is 30.8 Å². The van der Waals surface area contributed by atoms with E-state index in [-0.39, 0.29) is 55.0 Å². The van der Waals surface area contributed by atoms with Gasteiger partial charge in [0, 0.05) is 54.0 Å². The van der Waals surface area contributed by atoms with Gasteiger partial charge in [0.05, 0.1) is 18.3 Å². The van der Waals surface area contributed by atoms with Crippen LogP contribution in [0.15, 0.2) is 42.5 Å². The molecule has 3 aliphatic rings. The lowest BCUT2D eigenvalue weighted by molar-refractivity contribution is -0.169. The number of carbonyl (C=O) groups excluding carboxylic acids is 1. The molecule has 0 saturated carbocycles. The summed E-state index contributed by atoms with van der Waals surface area (Å²) in [4.78, 5) is 26.1. The summed E-state index contributed by atoms with van der Waals surface area (Å²) < 4.78 is 84.0. The molecule has 0 spiro atoms. The van der Waals surface area contributed by atoms with Gasteiger partial charge < -0.3 is 25.8 Å². The minimum absolute atomic E-state index is 0.0105. The smallest absolute Gasteiger partial charge is 0.405 e. The number of fused-ring (bicyclic) bond motifs is 2. The average Bonchev–Trinajstić information content (AvgIpc) is 3.12. The molecule has 2 bridgehead atoms. The fourth-order valence-corrected chi connectivity index (χ4v) is 9.22. The van der Waals surface area contributed by atoms with Crippen molar-refractivity contribution in [2.45, 2.75) is 81.3 Å². The Balaban J connectivity index is 1.40. The van der Waals surface area contributed by atoms with Crippen molar-refractivity contribution in [3.05, 3.63) is 64.4 Å². The number of hydrogen-bond donors (Lipinski definition) is 6. The SMILES string of the molecule is O=C(O)N[C@H](C(=O)Nc1cccc(F)c1CCC1CNC2CCCS(O)(O)N1C2)[C@@H](c1ccc(Cl)cc1)C1CCOC(CC(F)(F)F)C1. The average molecular weight is 721 g/mol. The van der Waals surface area contributed by atoms with E-state index in [0.29, 0.717) is 36.5 Å². The van der Waals surface area contributed by atoms with Crippen LogP contribution in [0.4, 0.5) is 28.0 Å². The van der Waals surface area contributed by atoms with Gasteiger partial charge in [-0.05, 0) is 74.3 Å². The van der Waals surface area contributed by atoms with Gasteiger partial charge in [0.2, 0.25) is 5.91 Å². The summed E-state index contributed by atoms with van der Waals surface area (Å²) in [5.74, 6) is -2.65. The lowest BCUT2D eigenvalue weighted by Crippen LogP contribution is -2.55. The molecule has 2 aromatic carbocycles. The Morgan fingerprint density at radius 2 is 1.90 bits per heavy atom. The number of carboxylic acid groups (broad SMARTS) is 1. The number of carbonyl (C=O) groups is 2. The molecule has 7 atom stereocenters. The van der Waals surface area contributed by atoms with Crippen LogP contribution in [-0.4, -0.2) is 86.4 Å². The molecular weight excluding hydrogens is 680 g/mol. The summed E-state index contributed by atoms with van der Waals surface area (Å²) in [5, 5.41) is 18.6. The van der Waals surface area contributed by atoms with Crippen LogP contribution >= 0.6 is 22.4 Å². The summed E-state index contributed by atoms with van der Waals surface area (Å²) in [6.07, 6.45) is -6.20. The van der Waals surface area contributed by atoms with Crippen LogP contribution in [0.1, 0.15) is 55.6 Å². The zero-order valence-electron chi connectivity index (χ0n) is 26.1. The third kappa shape index (κ3) is 9.31. The first kappa shape index (κ1) is 36.6. The molecule has 2 amide bonds. The van der Waals surface area contributed by atoms with Crippen LogP contribution in [0.2, 0.25) is 5.02 Å². The van der Waals surface area contributed by atoms with Crippen molar-refractivity contribution in [1.82, 2.24) is 14.9 Å². The zero-order valence-corrected chi connectivity index (χ0v) is 27.7. The van der Waals surface area contributed by atoms with Crippen LogP contribution in [0.5, 0.6) is 0 Å². The number of halogens is 5. The van der Waals surface area contributed by atoms with Gasteiger partial charge in [-0.3, -0.25) is 13.9 Å². The van der Waals surface area contributed by atoms with Crippen molar-refractivity contribution in [2.24, 2.45) is 5.92 Å². The van der Waals surface area contributed by atoms with Gasteiger partial charge in [0.1, 0.15) is 11.9 Å².